The van der Waals surface area contributed by atoms with Crippen LogP contribution in [0.4, 0.5) is 0 Å². The highest BCUT2D eigenvalue weighted by atomic mass is 16.2. The number of amides is 1. The number of hydrogen-bond acceptors (Lipinski definition) is 2. The lowest BCUT2D eigenvalue weighted by Crippen LogP contribution is -2.45. The van der Waals surface area contributed by atoms with Crippen LogP contribution in [-0.4, -0.2) is 41.9 Å². The molecule has 1 spiro atoms. The van der Waals surface area contributed by atoms with E-state index in [0.717, 1.165) is 39.0 Å². The van der Waals surface area contributed by atoms with Crippen LogP contribution in [0, 0.1) is 18.3 Å². The van der Waals surface area contributed by atoms with E-state index in [2.05, 4.69) is 41.0 Å². The maximum absolute atomic E-state index is 12.8. The minimum atomic E-state index is 0.335. The summed E-state index contributed by atoms with van der Waals surface area (Å²) in [6, 6.07) is 8.90. The topological polar surface area (TPSA) is 23.6 Å². The van der Waals surface area contributed by atoms with Crippen molar-refractivity contribution in [3.63, 3.8) is 0 Å². The van der Waals surface area contributed by atoms with E-state index in [0.29, 0.717) is 17.2 Å². The monoisotopic (exact) mass is 340 g/mol. The lowest BCUT2D eigenvalue weighted by atomic mass is 9.79. The first kappa shape index (κ1) is 17.1. The largest absolute Gasteiger partial charge is 0.342 e. The second kappa shape index (κ2) is 7.11. The Bertz CT molecular complexity index is 622. The zero-order chi connectivity index (χ0) is 17.3. The van der Waals surface area contributed by atoms with E-state index in [4.69, 9.17) is 0 Å². The van der Waals surface area contributed by atoms with Gasteiger partial charge in [-0.1, -0.05) is 42.7 Å². The highest BCUT2D eigenvalue weighted by molar-refractivity contribution is 5.79. The third-order valence-electron chi connectivity index (χ3n) is 6.68. The zero-order valence-electron chi connectivity index (χ0n) is 15.7. The molecule has 0 aromatic heterocycles. The van der Waals surface area contributed by atoms with Crippen molar-refractivity contribution >= 4 is 5.91 Å². The predicted molar refractivity (Wildman–Crippen MR) is 101 cm³/mol. The molecule has 3 nitrogen and oxygen atoms in total. The molecule has 1 aromatic rings. The molecule has 25 heavy (non-hydrogen) atoms. The van der Waals surface area contributed by atoms with Gasteiger partial charge in [0.25, 0.3) is 0 Å². The summed E-state index contributed by atoms with van der Waals surface area (Å²) in [6.45, 7) is 7.59. The molecule has 4 rings (SSSR count). The van der Waals surface area contributed by atoms with Gasteiger partial charge in [0.1, 0.15) is 0 Å². The molecular weight excluding hydrogens is 308 g/mol. The fourth-order valence-electron chi connectivity index (χ4n) is 5.40. The average molecular weight is 341 g/mol. The molecule has 2 heterocycles. The quantitative estimate of drug-likeness (QED) is 0.830. The first-order chi connectivity index (χ1) is 12.1. The van der Waals surface area contributed by atoms with E-state index < -0.39 is 0 Å². The number of piperidine rings is 1. The van der Waals surface area contributed by atoms with E-state index in [1.54, 1.807) is 0 Å². The lowest BCUT2D eigenvalue weighted by Gasteiger charge is -2.40. The summed E-state index contributed by atoms with van der Waals surface area (Å²) in [7, 11) is 0. The first-order valence-corrected chi connectivity index (χ1v) is 10.2. The van der Waals surface area contributed by atoms with Gasteiger partial charge in [-0.15, -0.1) is 0 Å². The highest BCUT2D eigenvalue weighted by Gasteiger charge is 2.43. The molecular formula is C22H32N2O. The van der Waals surface area contributed by atoms with Crippen molar-refractivity contribution in [2.24, 2.45) is 11.3 Å². The second-order valence-electron chi connectivity index (χ2n) is 8.79. The number of benzene rings is 1. The normalized spacial score (nSPS) is 28.1. The van der Waals surface area contributed by atoms with Crippen LogP contribution in [0.25, 0.3) is 0 Å². The van der Waals surface area contributed by atoms with Crippen molar-refractivity contribution in [1.82, 2.24) is 9.80 Å². The van der Waals surface area contributed by atoms with Crippen LogP contribution in [-0.2, 0) is 11.3 Å². The van der Waals surface area contributed by atoms with E-state index in [1.165, 1.54) is 49.8 Å². The summed E-state index contributed by atoms with van der Waals surface area (Å²) in [5.74, 6) is 0.798. The molecule has 0 unspecified atom stereocenters. The summed E-state index contributed by atoms with van der Waals surface area (Å²) in [4.78, 5) is 17.6. The molecule has 3 heteroatoms. The van der Waals surface area contributed by atoms with Crippen molar-refractivity contribution in [1.29, 1.82) is 0 Å². The molecule has 1 aliphatic carbocycles. The Morgan fingerprint density at radius 1 is 1.12 bits per heavy atom. The molecule has 1 saturated carbocycles. The number of carbonyl (C=O) groups is 1. The molecule has 0 radical (unpaired) electrons. The maximum Gasteiger partial charge on any atom is 0.225 e. The lowest BCUT2D eigenvalue weighted by molar-refractivity contribution is -0.134. The molecule has 0 bridgehead atoms. The van der Waals surface area contributed by atoms with Gasteiger partial charge in [0.2, 0.25) is 5.91 Å². The average Bonchev–Trinajstić information content (AvgIpc) is 3.25. The fraction of sp³-hybridized carbons (Fsp3) is 0.682. The predicted octanol–water partition coefficient (Wildman–Crippen LogP) is 4.00. The van der Waals surface area contributed by atoms with E-state index in [1.807, 2.05) is 0 Å². The fourth-order valence-corrected chi connectivity index (χ4v) is 5.40. The summed E-state index contributed by atoms with van der Waals surface area (Å²) in [6.07, 6.45) is 8.53. The molecule has 3 fully saturated rings. The van der Waals surface area contributed by atoms with Gasteiger partial charge in [0, 0.05) is 37.5 Å². The Kier molecular flexibility index (Phi) is 4.86. The number of hydrogen-bond donors (Lipinski definition) is 0. The third-order valence-corrected chi connectivity index (χ3v) is 6.68. The molecule has 136 valence electrons. The van der Waals surface area contributed by atoms with Crippen LogP contribution >= 0.6 is 0 Å². The Morgan fingerprint density at radius 3 is 2.76 bits per heavy atom. The second-order valence-corrected chi connectivity index (χ2v) is 8.79. The van der Waals surface area contributed by atoms with E-state index >= 15 is 0 Å². The summed E-state index contributed by atoms with van der Waals surface area (Å²) >= 11 is 0. The minimum absolute atomic E-state index is 0.335. The number of carbonyl (C=O) groups excluding carboxylic acids is 1. The number of nitrogens with zero attached hydrogens (tertiary/aromatic N) is 2. The Hall–Kier alpha value is -1.35. The first-order valence-electron chi connectivity index (χ1n) is 10.2. The van der Waals surface area contributed by atoms with Crippen LogP contribution in [0.15, 0.2) is 24.3 Å². The Balaban J connectivity index is 1.38. The van der Waals surface area contributed by atoms with Crippen LogP contribution in [0.3, 0.4) is 0 Å². The number of rotatable bonds is 3. The van der Waals surface area contributed by atoms with Gasteiger partial charge >= 0.3 is 0 Å². The van der Waals surface area contributed by atoms with Crippen molar-refractivity contribution in [2.45, 2.75) is 58.4 Å². The number of likely N-dealkylation sites (tertiary alicyclic amines) is 2. The van der Waals surface area contributed by atoms with Gasteiger partial charge in [0.05, 0.1) is 0 Å². The van der Waals surface area contributed by atoms with E-state index in [-0.39, 0.29) is 0 Å². The van der Waals surface area contributed by atoms with Gasteiger partial charge in [-0.3, -0.25) is 9.69 Å². The highest BCUT2D eigenvalue weighted by Crippen LogP contribution is 2.40. The smallest absolute Gasteiger partial charge is 0.225 e. The van der Waals surface area contributed by atoms with Gasteiger partial charge in [-0.05, 0) is 51.1 Å². The Morgan fingerprint density at radius 2 is 1.96 bits per heavy atom. The van der Waals surface area contributed by atoms with Crippen molar-refractivity contribution in [3.05, 3.63) is 35.4 Å². The summed E-state index contributed by atoms with van der Waals surface area (Å²) in [5, 5.41) is 0. The van der Waals surface area contributed by atoms with Crippen LogP contribution < -0.4 is 0 Å². The van der Waals surface area contributed by atoms with E-state index in [9.17, 15) is 4.79 Å². The van der Waals surface area contributed by atoms with Crippen molar-refractivity contribution in [3.8, 4) is 0 Å². The van der Waals surface area contributed by atoms with Gasteiger partial charge < -0.3 is 4.90 Å². The summed E-state index contributed by atoms with van der Waals surface area (Å²) < 4.78 is 0. The SMILES string of the molecule is Cc1cccc(CN2CCC[C@@]3(CCN(C(=O)C4CCCC4)C3)C2)c1. The van der Waals surface area contributed by atoms with Gasteiger partial charge in [-0.25, -0.2) is 0 Å². The molecule has 1 aromatic carbocycles. The van der Waals surface area contributed by atoms with Crippen molar-refractivity contribution < 1.29 is 4.79 Å². The molecule has 3 aliphatic rings. The van der Waals surface area contributed by atoms with Crippen LogP contribution in [0.2, 0.25) is 0 Å². The number of aryl methyl sites for hydroxylation is 1. The minimum Gasteiger partial charge on any atom is -0.342 e. The zero-order valence-corrected chi connectivity index (χ0v) is 15.7. The van der Waals surface area contributed by atoms with Gasteiger partial charge in [0.15, 0.2) is 0 Å². The Labute approximate surface area is 152 Å². The van der Waals surface area contributed by atoms with Crippen LogP contribution in [0.5, 0.6) is 0 Å². The standard InChI is InChI=1S/C22H32N2O/c1-18-6-4-7-19(14-18)15-23-12-5-10-22(16-23)11-13-24(17-22)21(25)20-8-2-3-9-20/h4,6-7,14,20H,2-3,5,8-13,15-17H2,1H3/t22-/m1/s1. The summed E-state index contributed by atoms with van der Waals surface area (Å²) in [5.41, 5.74) is 3.13. The van der Waals surface area contributed by atoms with Crippen molar-refractivity contribution in [2.75, 3.05) is 26.2 Å². The maximum atomic E-state index is 12.8. The third kappa shape index (κ3) is 3.76. The molecule has 1 atom stereocenters. The van der Waals surface area contributed by atoms with Gasteiger partial charge in [-0.2, -0.15) is 0 Å². The molecule has 2 saturated heterocycles. The molecule has 1 amide bonds. The molecule has 0 N–H and O–H groups in total. The van der Waals surface area contributed by atoms with Crippen LogP contribution in [0.1, 0.15) is 56.1 Å². The molecule has 2 aliphatic heterocycles.